The highest BCUT2D eigenvalue weighted by atomic mass is 35.5. The van der Waals surface area contributed by atoms with Crippen molar-refractivity contribution in [3.63, 3.8) is 0 Å². The van der Waals surface area contributed by atoms with Crippen LogP contribution in [0.4, 0.5) is 5.69 Å². The third-order valence-electron chi connectivity index (χ3n) is 4.93. The number of anilines is 1. The maximum atomic E-state index is 12.7. The molecule has 0 aliphatic heterocycles. The highest BCUT2D eigenvalue weighted by Gasteiger charge is 2.14. The number of imidazole rings is 1. The monoisotopic (exact) mass is 455 g/mol. The smallest absolute Gasteiger partial charge is 0.255 e. The third kappa shape index (κ3) is 4.17. The molecule has 1 heterocycles. The Kier molecular flexibility index (Phi) is 5.76. The Morgan fingerprint density at radius 1 is 0.968 bits per heavy atom. The number of hydrogen-bond donors (Lipinski definition) is 2. The number of ether oxygens (including phenoxy) is 2. The Morgan fingerprint density at radius 2 is 1.71 bits per heavy atom. The van der Waals surface area contributed by atoms with Gasteiger partial charge in [0.25, 0.3) is 5.91 Å². The van der Waals surface area contributed by atoms with Crippen molar-refractivity contribution in [2.45, 2.75) is 6.92 Å². The molecule has 4 aromatic rings. The quantitative estimate of drug-likeness (QED) is 0.380. The minimum atomic E-state index is -0.280. The van der Waals surface area contributed by atoms with Crippen LogP contribution in [0.3, 0.4) is 0 Å². The normalized spacial score (nSPS) is 10.9. The van der Waals surface area contributed by atoms with Crippen LogP contribution in [0.1, 0.15) is 15.9 Å². The van der Waals surface area contributed by atoms with Gasteiger partial charge in [-0.2, -0.15) is 0 Å². The maximum Gasteiger partial charge on any atom is 0.255 e. The molecule has 0 unspecified atom stereocenters. The summed E-state index contributed by atoms with van der Waals surface area (Å²) in [4.78, 5) is 20.6. The predicted octanol–water partition coefficient (Wildman–Crippen LogP) is 6.11. The van der Waals surface area contributed by atoms with E-state index < -0.39 is 0 Å². The number of methoxy groups -OCH3 is 2. The first-order valence-corrected chi connectivity index (χ1v) is 10.1. The second-order valence-electron chi connectivity index (χ2n) is 6.92. The largest absolute Gasteiger partial charge is 0.493 e. The first kappa shape index (κ1) is 21.0. The van der Waals surface area contributed by atoms with Gasteiger partial charge < -0.3 is 19.8 Å². The number of benzene rings is 3. The lowest BCUT2D eigenvalue weighted by Gasteiger charge is -2.10. The summed E-state index contributed by atoms with van der Waals surface area (Å²) < 4.78 is 10.7. The number of carbonyl (C=O) groups is 1. The number of aryl methyl sites for hydroxylation is 1. The van der Waals surface area contributed by atoms with Crippen LogP contribution < -0.4 is 14.8 Å². The molecule has 1 aromatic heterocycles. The Morgan fingerprint density at radius 3 is 2.42 bits per heavy atom. The molecular formula is C23H19Cl2N3O3. The molecule has 0 aliphatic carbocycles. The minimum absolute atomic E-state index is 0.280. The van der Waals surface area contributed by atoms with E-state index in [9.17, 15) is 4.79 Å². The molecule has 2 N–H and O–H groups in total. The van der Waals surface area contributed by atoms with Crippen molar-refractivity contribution in [2.75, 3.05) is 19.5 Å². The van der Waals surface area contributed by atoms with Crippen LogP contribution in [0.15, 0.2) is 48.5 Å². The van der Waals surface area contributed by atoms with Gasteiger partial charge in [-0.05, 0) is 36.8 Å². The lowest BCUT2D eigenvalue weighted by molar-refractivity contribution is 0.102. The van der Waals surface area contributed by atoms with E-state index in [1.54, 1.807) is 32.4 Å². The van der Waals surface area contributed by atoms with Gasteiger partial charge in [-0.15, -0.1) is 0 Å². The molecule has 0 aliphatic rings. The number of nitrogens with one attached hydrogen (secondary N) is 2. The fourth-order valence-corrected chi connectivity index (χ4v) is 3.51. The van der Waals surface area contributed by atoms with Crippen molar-refractivity contribution in [2.24, 2.45) is 0 Å². The van der Waals surface area contributed by atoms with Crippen LogP contribution in [-0.4, -0.2) is 30.1 Å². The molecule has 3 aromatic carbocycles. The van der Waals surface area contributed by atoms with Crippen LogP contribution in [0.2, 0.25) is 10.0 Å². The number of carbonyl (C=O) groups excluding carboxylic acids is 1. The summed E-state index contributed by atoms with van der Waals surface area (Å²) in [5.41, 5.74) is 4.39. The van der Waals surface area contributed by atoms with Gasteiger partial charge in [0, 0.05) is 28.9 Å². The molecule has 0 bridgehead atoms. The molecule has 6 nitrogen and oxygen atoms in total. The molecule has 0 spiro atoms. The molecule has 0 fully saturated rings. The van der Waals surface area contributed by atoms with Crippen LogP contribution in [0.25, 0.3) is 22.4 Å². The summed E-state index contributed by atoms with van der Waals surface area (Å²) >= 11 is 12.0. The molecular weight excluding hydrogens is 437 g/mol. The van der Waals surface area contributed by atoms with Gasteiger partial charge in [0.05, 0.1) is 35.3 Å². The number of aromatic amines is 1. The number of fused-ring (bicyclic) bond motifs is 1. The van der Waals surface area contributed by atoms with Crippen molar-refractivity contribution in [1.29, 1.82) is 0 Å². The lowest BCUT2D eigenvalue weighted by atomic mass is 10.1. The average Bonchev–Trinajstić information content (AvgIpc) is 3.18. The fraction of sp³-hybridized carbons (Fsp3) is 0.130. The Balaban J connectivity index is 1.67. The second kappa shape index (κ2) is 8.49. The van der Waals surface area contributed by atoms with Crippen LogP contribution in [0, 0.1) is 6.92 Å². The first-order chi connectivity index (χ1) is 14.9. The van der Waals surface area contributed by atoms with Crippen molar-refractivity contribution in [3.05, 3.63) is 69.7 Å². The van der Waals surface area contributed by atoms with E-state index in [1.165, 1.54) is 0 Å². The van der Waals surface area contributed by atoms with E-state index in [4.69, 9.17) is 32.7 Å². The molecule has 0 saturated heterocycles. The van der Waals surface area contributed by atoms with Gasteiger partial charge in [-0.1, -0.05) is 35.3 Å². The Hall–Kier alpha value is -3.22. The zero-order chi connectivity index (χ0) is 22.1. The summed E-state index contributed by atoms with van der Waals surface area (Å²) in [6.45, 7) is 1.92. The van der Waals surface area contributed by atoms with Crippen LogP contribution in [-0.2, 0) is 0 Å². The van der Waals surface area contributed by atoms with Crippen molar-refractivity contribution in [3.8, 4) is 22.9 Å². The molecule has 0 radical (unpaired) electrons. The molecule has 31 heavy (non-hydrogen) atoms. The highest BCUT2D eigenvalue weighted by Crippen LogP contribution is 2.33. The number of halogens is 2. The molecule has 1 amide bonds. The number of rotatable bonds is 5. The van der Waals surface area contributed by atoms with Crippen LogP contribution >= 0.6 is 23.2 Å². The van der Waals surface area contributed by atoms with Crippen molar-refractivity contribution >= 4 is 45.8 Å². The van der Waals surface area contributed by atoms with E-state index in [0.29, 0.717) is 38.6 Å². The van der Waals surface area contributed by atoms with Crippen LogP contribution in [0.5, 0.6) is 11.5 Å². The standard InChI is InChI=1S/C23H19Cl2N3O3/c1-12-4-5-13(9-17(12)28-23(29)14-6-7-15(24)16(25)8-14)22-26-18-10-20(30-2)21(31-3)11-19(18)27-22/h4-11H,1-3H3,(H,26,27)(H,28,29). The Bertz CT molecular complexity index is 1260. The van der Waals surface area contributed by atoms with E-state index in [2.05, 4.69) is 15.3 Å². The summed E-state index contributed by atoms with van der Waals surface area (Å²) in [6.07, 6.45) is 0. The maximum absolute atomic E-state index is 12.7. The SMILES string of the molecule is COc1cc2nc(-c3ccc(C)c(NC(=O)c4ccc(Cl)c(Cl)c4)c3)[nH]c2cc1OC. The molecule has 158 valence electrons. The van der Waals surface area contributed by atoms with Gasteiger partial charge >= 0.3 is 0 Å². The molecule has 8 heteroatoms. The molecule has 0 atom stereocenters. The zero-order valence-electron chi connectivity index (χ0n) is 17.0. The number of amides is 1. The van der Waals surface area contributed by atoms with E-state index >= 15 is 0 Å². The third-order valence-corrected chi connectivity index (χ3v) is 5.67. The first-order valence-electron chi connectivity index (χ1n) is 9.38. The number of H-pyrrole nitrogens is 1. The minimum Gasteiger partial charge on any atom is -0.493 e. The Labute approximate surface area is 189 Å². The van der Waals surface area contributed by atoms with Gasteiger partial charge in [0.1, 0.15) is 5.82 Å². The van der Waals surface area contributed by atoms with Crippen molar-refractivity contribution in [1.82, 2.24) is 9.97 Å². The van der Waals surface area contributed by atoms with Gasteiger partial charge in [-0.25, -0.2) is 4.98 Å². The zero-order valence-corrected chi connectivity index (χ0v) is 18.6. The average molecular weight is 456 g/mol. The lowest BCUT2D eigenvalue weighted by Crippen LogP contribution is -2.12. The van der Waals surface area contributed by atoms with E-state index in [0.717, 1.165) is 22.2 Å². The fourth-order valence-electron chi connectivity index (χ4n) is 3.21. The van der Waals surface area contributed by atoms with Gasteiger partial charge in [0.2, 0.25) is 0 Å². The van der Waals surface area contributed by atoms with E-state index in [-0.39, 0.29) is 5.91 Å². The van der Waals surface area contributed by atoms with Gasteiger partial charge in [0.15, 0.2) is 11.5 Å². The van der Waals surface area contributed by atoms with E-state index in [1.807, 2.05) is 37.3 Å². The number of aromatic nitrogens is 2. The second-order valence-corrected chi connectivity index (χ2v) is 7.74. The topological polar surface area (TPSA) is 76.2 Å². The highest BCUT2D eigenvalue weighted by molar-refractivity contribution is 6.42. The number of nitrogens with zero attached hydrogens (tertiary/aromatic N) is 1. The molecule has 0 saturated carbocycles. The molecule has 4 rings (SSSR count). The summed E-state index contributed by atoms with van der Waals surface area (Å²) in [7, 11) is 3.17. The summed E-state index contributed by atoms with van der Waals surface area (Å²) in [5.74, 6) is 1.60. The summed E-state index contributed by atoms with van der Waals surface area (Å²) in [6, 6.07) is 14.2. The predicted molar refractivity (Wildman–Crippen MR) is 124 cm³/mol. The van der Waals surface area contributed by atoms with Gasteiger partial charge in [-0.3, -0.25) is 4.79 Å². The number of hydrogen-bond acceptors (Lipinski definition) is 4. The summed E-state index contributed by atoms with van der Waals surface area (Å²) in [5, 5.41) is 3.66. The van der Waals surface area contributed by atoms with Crippen molar-refractivity contribution < 1.29 is 14.3 Å².